The summed E-state index contributed by atoms with van der Waals surface area (Å²) in [4.78, 5) is 0. The molecule has 124 valence electrons. The van der Waals surface area contributed by atoms with Gasteiger partial charge in [-0.15, -0.1) is 0 Å². The average molecular weight is 303 g/mol. The molecule has 0 rings (SSSR count). The van der Waals surface area contributed by atoms with Gasteiger partial charge in [0.15, 0.2) is 0 Å². The third kappa shape index (κ3) is 10.2. The molecule has 0 saturated carbocycles. The normalized spacial score (nSPS) is 12.8. The first-order chi connectivity index (χ1) is 9.74. The van der Waals surface area contributed by atoms with E-state index >= 15 is 0 Å². The topological polar surface area (TPSA) is 0 Å². The van der Waals surface area contributed by atoms with Crippen molar-refractivity contribution in [2.75, 3.05) is 24.6 Å². The Balaban J connectivity index is 4.17. The van der Waals surface area contributed by atoms with Gasteiger partial charge in [0.25, 0.3) is 0 Å². The van der Waals surface area contributed by atoms with Crippen LogP contribution < -0.4 is 0 Å². The van der Waals surface area contributed by atoms with E-state index in [-0.39, 0.29) is 0 Å². The molecule has 0 aliphatic heterocycles. The van der Waals surface area contributed by atoms with Crippen molar-refractivity contribution in [3.8, 4) is 0 Å². The zero-order chi connectivity index (χ0) is 15.1. The van der Waals surface area contributed by atoms with Crippen molar-refractivity contribution in [1.82, 2.24) is 0 Å². The summed E-state index contributed by atoms with van der Waals surface area (Å²) < 4.78 is 0. The van der Waals surface area contributed by atoms with Crippen LogP contribution in [-0.4, -0.2) is 24.6 Å². The van der Waals surface area contributed by atoms with Gasteiger partial charge in [-0.1, -0.05) is 0 Å². The van der Waals surface area contributed by atoms with Crippen LogP contribution in [0.1, 0.15) is 98.3 Å². The van der Waals surface area contributed by atoms with Crippen LogP contribution in [0.3, 0.4) is 0 Å². The summed E-state index contributed by atoms with van der Waals surface area (Å²) in [6, 6.07) is 0. The number of unbranched alkanes of at least 4 members (excludes halogenated alkanes) is 7. The second-order valence-corrected chi connectivity index (χ2v) is 12.0. The van der Waals surface area contributed by atoms with Gasteiger partial charge in [-0.2, -0.15) is 0 Å². The molecule has 0 aromatic heterocycles. The third-order valence-electron chi connectivity index (χ3n) is 4.96. The van der Waals surface area contributed by atoms with E-state index in [4.69, 9.17) is 0 Å². The van der Waals surface area contributed by atoms with Crippen molar-refractivity contribution < 1.29 is 0 Å². The quantitative estimate of drug-likeness (QED) is 0.223. The number of rotatable bonds is 15. The average Bonchev–Trinajstić information content (AvgIpc) is 2.46. The standard InChI is InChI=1S/C19H43P/c1-5-9-12-13-14-15-19-20(16-8-4,17-10-6-2)18-11-7-3/h20H,5-19H2,1-4H3. The molecule has 0 heterocycles. The molecule has 0 nitrogen and oxygen atoms in total. The van der Waals surface area contributed by atoms with Gasteiger partial charge >= 0.3 is 130 Å². The predicted molar refractivity (Wildman–Crippen MR) is 101 cm³/mol. The van der Waals surface area contributed by atoms with Gasteiger partial charge in [0.05, 0.1) is 0 Å². The summed E-state index contributed by atoms with van der Waals surface area (Å²) in [6.07, 6.45) is 22.6. The Labute approximate surface area is 130 Å². The van der Waals surface area contributed by atoms with E-state index in [0.717, 1.165) is 0 Å². The van der Waals surface area contributed by atoms with E-state index in [1.807, 2.05) is 0 Å². The molecule has 0 fully saturated rings. The van der Waals surface area contributed by atoms with Crippen LogP contribution in [0.2, 0.25) is 0 Å². The second kappa shape index (κ2) is 14.4. The summed E-state index contributed by atoms with van der Waals surface area (Å²) in [7, 11) is -0.906. The Morgan fingerprint density at radius 2 is 0.850 bits per heavy atom. The first-order valence-electron chi connectivity index (χ1n) is 9.74. The molecule has 20 heavy (non-hydrogen) atoms. The van der Waals surface area contributed by atoms with Crippen LogP contribution in [0, 0.1) is 0 Å². The molecule has 0 aliphatic carbocycles. The van der Waals surface area contributed by atoms with Crippen LogP contribution in [0.15, 0.2) is 0 Å². The molecular weight excluding hydrogens is 259 g/mol. The number of hydrogen-bond donors (Lipinski definition) is 0. The summed E-state index contributed by atoms with van der Waals surface area (Å²) in [6.45, 7) is 9.47. The third-order valence-corrected chi connectivity index (χ3v) is 10.8. The monoisotopic (exact) mass is 302 g/mol. The summed E-state index contributed by atoms with van der Waals surface area (Å²) in [5.74, 6) is 0. The van der Waals surface area contributed by atoms with E-state index in [1.165, 1.54) is 64.2 Å². The van der Waals surface area contributed by atoms with E-state index < -0.39 is 7.26 Å². The van der Waals surface area contributed by atoms with Crippen LogP contribution in [0.4, 0.5) is 0 Å². The molecule has 0 spiro atoms. The second-order valence-electron chi connectivity index (χ2n) is 6.97. The van der Waals surface area contributed by atoms with Gasteiger partial charge in [-0.05, 0) is 0 Å². The maximum absolute atomic E-state index is 2.42. The van der Waals surface area contributed by atoms with E-state index in [1.54, 1.807) is 31.1 Å². The van der Waals surface area contributed by atoms with Crippen molar-refractivity contribution in [3.05, 3.63) is 0 Å². The molecule has 1 heteroatoms. The first-order valence-corrected chi connectivity index (χ1v) is 12.6. The molecule has 0 aromatic carbocycles. The Kier molecular flexibility index (Phi) is 14.7. The van der Waals surface area contributed by atoms with E-state index in [2.05, 4.69) is 27.7 Å². The Bertz CT molecular complexity index is 180. The molecule has 0 N–H and O–H groups in total. The molecule has 0 atom stereocenters. The van der Waals surface area contributed by atoms with Gasteiger partial charge in [0, 0.05) is 0 Å². The fraction of sp³-hybridized carbons (Fsp3) is 1.00. The molecule has 0 aromatic rings. The van der Waals surface area contributed by atoms with Crippen molar-refractivity contribution >= 4 is 7.26 Å². The Morgan fingerprint density at radius 3 is 1.35 bits per heavy atom. The zero-order valence-electron chi connectivity index (χ0n) is 15.1. The van der Waals surface area contributed by atoms with Crippen LogP contribution in [0.5, 0.6) is 0 Å². The molecular formula is C19H43P. The van der Waals surface area contributed by atoms with Crippen molar-refractivity contribution in [3.63, 3.8) is 0 Å². The molecule has 0 aliphatic rings. The zero-order valence-corrected chi connectivity index (χ0v) is 16.1. The minimum absolute atomic E-state index is 0.906. The van der Waals surface area contributed by atoms with Gasteiger partial charge in [-0.3, -0.25) is 0 Å². The summed E-state index contributed by atoms with van der Waals surface area (Å²) in [5, 5.41) is 0. The summed E-state index contributed by atoms with van der Waals surface area (Å²) >= 11 is 0. The van der Waals surface area contributed by atoms with Gasteiger partial charge in [-0.25, -0.2) is 0 Å². The Hall–Kier alpha value is 0.430. The molecule has 0 amide bonds. The minimum atomic E-state index is -0.906. The fourth-order valence-corrected chi connectivity index (χ4v) is 9.43. The molecule has 0 bridgehead atoms. The van der Waals surface area contributed by atoms with Crippen LogP contribution >= 0.6 is 7.26 Å². The van der Waals surface area contributed by atoms with Crippen molar-refractivity contribution in [2.24, 2.45) is 0 Å². The van der Waals surface area contributed by atoms with Gasteiger partial charge in [0.1, 0.15) is 0 Å². The van der Waals surface area contributed by atoms with E-state index in [9.17, 15) is 0 Å². The summed E-state index contributed by atoms with van der Waals surface area (Å²) in [5.41, 5.74) is 0. The molecule has 0 saturated heterocycles. The Morgan fingerprint density at radius 1 is 0.400 bits per heavy atom. The van der Waals surface area contributed by atoms with Crippen molar-refractivity contribution in [1.29, 1.82) is 0 Å². The van der Waals surface area contributed by atoms with Gasteiger partial charge < -0.3 is 0 Å². The SMILES string of the molecule is CCCCCCCC[PH](CCC)(CCCC)CCCC. The first kappa shape index (κ1) is 20.4. The molecule has 0 unspecified atom stereocenters. The molecule has 0 radical (unpaired) electrons. The van der Waals surface area contributed by atoms with Crippen LogP contribution in [0.25, 0.3) is 0 Å². The number of hydrogen-bond acceptors (Lipinski definition) is 0. The maximum atomic E-state index is 2.42. The van der Waals surface area contributed by atoms with E-state index in [0.29, 0.717) is 0 Å². The fourth-order valence-electron chi connectivity index (χ4n) is 3.66. The van der Waals surface area contributed by atoms with Crippen molar-refractivity contribution in [2.45, 2.75) is 98.3 Å². The van der Waals surface area contributed by atoms with Gasteiger partial charge in [0.2, 0.25) is 0 Å². The van der Waals surface area contributed by atoms with Crippen LogP contribution in [-0.2, 0) is 0 Å². The predicted octanol–water partition coefficient (Wildman–Crippen LogP) is 7.11.